The normalized spacial score (nSPS) is 18.0. The van der Waals surface area contributed by atoms with Crippen molar-refractivity contribution in [3.8, 4) is 0 Å². The quantitative estimate of drug-likeness (QED) is 0.857. The lowest BCUT2D eigenvalue weighted by molar-refractivity contribution is -0.120. The average Bonchev–Trinajstić information content (AvgIpc) is 3.16. The Hall–Kier alpha value is -1.96. The van der Waals surface area contributed by atoms with Crippen molar-refractivity contribution in [2.75, 3.05) is 36.4 Å². The van der Waals surface area contributed by atoms with Gasteiger partial charge in [-0.05, 0) is 19.9 Å². The van der Waals surface area contributed by atoms with E-state index in [1.165, 1.54) is 0 Å². The molecule has 1 saturated heterocycles. The van der Waals surface area contributed by atoms with Crippen LogP contribution in [-0.2, 0) is 4.79 Å². The van der Waals surface area contributed by atoms with E-state index in [-0.39, 0.29) is 11.9 Å². The van der Waals surface area contributed by atoms with Crippen molar-refractivity contribution in [1.82, 2.24) is 9.88 Å². The summed E-state index contributed by atoms with van der Waals surface area (Å²) in [5.41, 5.74) is 1.41. The summed E-state index contributed by atoms with van der Waals surface area (Å²) in [7, 11) is 0. The van der Waals surface area contributed by atoms with E-state index in [0.717, 1.165) is 36.9 Å². The van der Waals surface area contributed by atoms with Gasteiger partial charge in [-0.2, -0.15) is 0 Å². The van der Waals surface area contributed by atoms with Crippen molar-refractivity contribution in [2.45, 2.75) is 26.0 Å². The molecule has 6 nitrogen and oxygen atoms in total. The Morgan fingerprint density at radius 3 is 2.60 bits per heavy atom. The van der Waals surface area contributed by atoms with Gasteiger partial charge in [-0.1, -0.05) is 18.2 Å². The molecule has 0 spiro atoms. The highest BCUT2D eigenvalue weighted by Crippen LogP contribution is 2.23. The third-order valence-corrected chi connectivity index (χ3v) is 5.43. The molecule has 25 heavy (non-hydrogen) atoms. The van der Waals surface area contributed by atoms with E-state index in [2.05, 4.69) is 20.1 Å². The predicted molar refractivity (Wildman–Crippen MR) is 101 cm³/mol. The van der Waals surface area contributed by atoms with Crippen LogP contribution in [0, 0.1) is 0 Å². The summed E-state index contributed by atoms with van der Waals surface area (Å²) in [6.45, 7) is 7.02. The standard InChI is InChI=1S/C18H24N4O2S/c1-13(17(24)20-16-6-4-3-5-15(16)14(2)23)21-8-10-22(11-9-21)18-19-7-12-25-18/h3-7,12-14,23H,8-11H2,1-2H3,(H,20,24)/t13-,14-/m0/s1. The van der Waals surface area contributed by atoms with Crippen molar-refractivity contribution in [3.05, 3.63) is 41.4 Å². The molecule has 0 bridgehead atoms. The first-order valence-electron chi connectivity index (χ1n) is 8.52. The highest BCUT2D eigenvalue weighted by Gasteiger charge is 2.26. The van der Waals surface area contributed by atoms with Gasteiger partial charge in [0.25, 0.3) is 0 Å². The monoisotopic (exact) mass is 360 g/mol. The summed E-state index contributed by atoms with van der Waals surface area (Å²) in [6.07, 6.45) is 1.20. The minimum Gasteiger partial charge on any atom is -0.389 e. The number of hydrogen-bond acceptors (Lipinski definition) is 6. The minimum absolute atomic E-state index is 0.0456. The number of hydrogen-bond donors (Lipinski definition) is 2. The maximum atomic E-state index is 12.6. The number of nitrogens with one attached hydrogen (secondary N) is 1. The van der Waals surface area contributed by atoms with E-state index in [1.54, 1.807) is 18.3 Å². The van der Waals surface area contributed by atoms with Crippen molar-refractivity contribution in [1.29, 1.82) is 0 Å². The van der Waals surface area contributed by atoms with Crippen molar-refractivity contribution in [3.63, 3.8) is 0 Å². The van der Waals surface area contributed by atoms with Gasteiger partial charge in [0.15, 0.2) is 5.13 Å². The highest BCUT2D eigenvalue weighted by atomic mass is 32.1. The van der Waals surface area contributed by atoms with Gasteiger partial charge in [-0.3, -0.25) is 9.69 Å². The van der Waals surface area contributed by atoms with Crippen molar-refractivity contribution in [2.24, 2.45) is 0 Å². The summed E-state index contributed by atoms with van der Waals surface area (Å²) in [6, 6.07) is 7.16. The molecule has 0 radical (unpaired) electrons. The molecule has 1 aromatic heterocycles. The van der Waals surface area contributed by atoms with Gasteiger partial charge in [0, 0.05) is 49.0 Å². The molecule has 3 rings (SSSR count). The molecular weight excluding hydrogens is 336 g/mol. The van der Waals surface area contributed by atoms with Gasteiger partial charge in [-0.25, -0.2) is 4.98 Å². The number of anilines is 2. The zero-order valence-corrected chi connectivity index (χ0v) is 15.4. The topological polar surface area (TPSA) is 68.7 Å². The largest absolute Gasteiger partial charge is 0.389 e. The molecule has 1 fully saturated rings. The molecule has 1 aliphatic rings. The second kappa shape index (κ2) is 7.95. The van der Waals surface area contributed by atoms with Crippen LogP contribution in [0.1, 0.15) is 25.5 Å². The predicted octanol–water partition coefficient (Wildman–Crippen LogP) is 2.35. The number of carbonyl (C=O) groups excluding carboxylic acids is 1. The fourth-order valence-corrected chi connectivity index (χ4v) is 3.75. The SMILES string of the molecule is C[C@H](O)c1ccccc1NC(=O)[C@H](C)N1CCN(c2nccs2)CC1. The van der Waals surface area contributed by atoms with Gasteiger partial charge in [0.05, 0.1) is 12.1 Å². The number of benzene rings is 1. The van der Waals surface area contributed by atoms with Crippen molar-refractivity contribution >= 4 is 28.1 Å². The fraction of sp³-hybridized carbons (Fsp3) is 0.444. The van der Waals surface area contributed by atoms with Gasteiger partial charge < -0.3 is 15.3 Å². The van der Waals surface area contributed by atoms with Gasteiger partial charge in [0.1, 0.15) is 0 Å². The Morgan fingerprint density at radius 1 is 1.24 bits per heavy atom. The van der Waals surface area contributed by atoms with Crippen LogP contribution in [0.5, 0.6) is 0 Å². The molecule has 2 atom stereocenters. The minimum atomic E-state index is -0.617. The molecule has 7 heteroatoms. The second-order valence-electron chi connectivity index (χ2n) is 6.27. The molecule has 1 aliphatic heterocycles. The number of carbonyl (C=O) groups is 1. The first-order chi connectivity index (χ1) is 12.1. The maximum Gasteiger partial charge on any atom is 0.241 e. The number of para-hydroxylation sites is 1. The summed E-state index contributed by atoms with van der Waals surface area (Å²) in [5.74, 6) is -0.0456. The number of nitrogens with zero attached hydrogens (tertiary/aromatic N) is 3. The molecule has 1 amide bonds. The average molecular weight is 360 g/mol. The maximum absolute atomic E-state index is 12.6. The first-order valence-corrected chi connectivity index (χ1v) is 9.40. The summed E-state index contributed by atoms with van der Waals surface area (Å²) in [4.78, 5) is 21.4. The highest BCUT2D eigenvalue weighted by molar-refractivity contribution is 7.13. The lowest BCUT2D eigenvalue weighted by atomic mass is 10.1. The van der Waals surface area contributed by atoms with Crippen LogP contribution in [0.3, 0.4) is 0 Å². The summed E-state index contributed by atoms with van der Waals surface area (Å²) >= 11 is 1.64. The van der Waals surface area contributed by atoms with Crippen LogP contribution >= 0.6 is 11.3 Å². The lowest BCUT2D eigenvalue weighted by Gasteiger charge is -2.37. The Labute approximate surface area is 152 Å². The molecule has 134 valence electrons. The Balaban J connectivity index is 1.58. The van der Waals surface area contributed by atoms with E-state index < -0.39 is 6.10 Å². The number of thiazole rings is 1. The van der Waals surface area contributed by atoms with Gasteiger partial charge in [0.2, 0.25) is 5.91 Å². The lowest BCUT2D eigenvalue weighted by Crippen LogP contribution is -2.52. The summed E-state index contributed by atoms with van der Waals surface area (Å²) in [5, 5.41) is 15.8. The molecule has 2 N–H and O–H groups in total. The number of aliphatic hydroxyl groups is 1. The van der Waals surface area contributed by atoms with E-state index in [1.807, 2.05) is 42.8 Å². The van der Waals surface area contributed by atoms with Crippen LogP contribution in [0.4, 0.5) is 10.8 Å². The van der Waals surface area contributed by atoms with Gasteiger partial charge >= 0.3 is 0 Å². The molecule has 0 saturated carbocycles. The zero-order valence-electron chi connectivity index (χ0n) is 14.6. The molecular formula is C18H24N4O2S. The Kier molecular flexibility index (Phi) is 5.67. The van der Waals surface area contributed by atoms with E-state index >= 15 is 0 Å². The van der Waals surface area contributed by atoms with E-state index in [9.17, 15) is 9.90 Å². The summed E-state index contributed by atoms with van der Waals surface area (Å²) < 4.78 is 0. The first kappa shape index (κ1) is 17.8. The number of aliphatic hydroxyl groups excluding tert-OH is 1. The third-order valence-electron chi connectivity index (χ3n) is 4.60. The molecule has 2 heterocycles. The molecule has 0 unspecified atom stereocenters. The van der Waals surface area contributed by atoms with Crippen LogP contribution in [-0.4, -0.2) is 53.1 Å². The van der Waals surface area contributed by atoms with Crippen LogP contribution < -0.4 is 10.2 Å². The molecule has 0 aliphatic carbocycles. The van der Waals surface area contributed by atoms with Crippen LogP contribution in [0.15, 0.2) is 35.8 Å². The second-order valence-corrected chi connectivity index (χ2v) is 7.14. The van der Waals surface area contributed by atoms with E-state index in [4.69, 9.17) is 0 Å². The van der Waals surface area contributed by atoms with Crippen LogP contribution in [0.25, 0.3) is 0 Å². The fourth-order valence-electron chi connectivity index (χ4n) is 3.05. The Bertz CT molecular complexity index is 697. The van der Waals surface area contributed by atoms with E-state index in [0.29, 0.717) is 5.69 Å². The number of piperazine rings is 1. The number of aromatic nitrogens is 1. The smallest absolute Gasteiger partial charge is 0.241 e. The molecule has 2 aromatic rings. The zero-order chi connectivity index (χ0) is 17.8. The van der Waals surface area contributed by atoms with Crippen LogP contribution in [0.2, 0.25) is 0 Å². The van der Waals surface area contributed by atoms with Gasteiger partial charge in [-0.15, -0.1) is 11.3 Å². The van der Waals surface area contributed by atoms with Crippen molar-refractivity contribution < 1.29 is 9.90 Å². The number of amides is 1. The number of rotatable bonds is 5. The molecule has 1 aromatic carbocycles. The third kappa shape index (κ3) is 4.18. The Morgan fingerprint density at radius 2 is 1.96 bits per heavy atom.